The van der Waals surface area contributed by atoms with Crippen LogP contribution in [0.3, 0.4) is 0 Å². The Bertz CT molecular complexity index is 379. The molecule has 1 unspecified atom stereocenters. The minimum Gasteiger partial charge on any atom is -0.0916 e. The van der Waals surface area contributed by atoms with E-state index in [1.165, 1.54) is 70.6 Å². The van der Waals surface area contributed by atoms with E-state index in [0.29, 0.717) is 16.7 Å². The number of hydrogen-bond acceptors (Lipinski definition) is 0. The molecule has 0 aromatic carbocycles. The second-order valence-corrected chi connectivity index (χ2v) is 9.60. The van der Waals surface area contributed by atoms with Gasteiger partial charge in [-0.05, 0) is 54.8 Å². The van der Waals surface area contributed by atoms with E-state index < -0.39 is 5.21 Å². The minimum atomic E-state index is -0.525. The molecule has 0 N–H and O–H groups in total. The highest BCUT2D eigenvalue weighted by molar-refractivity contribution is 6.40. The molecule has 0 amide bonds. The van der Waals surface area contributed by atoms with Crippen molar-refractivity contribution in [3.8, 4) is 0 Å². The average Bonchev–Trinajstić information content (AvgIpc) is 2.44. The molecule has 0 aromatic heterocycles. The van der Waals surface area contributed by atoms with E-state index in [-0.39, 0.29) is 5.41 Å². The fourth-order valence-electron chi connectivity index (χ4n) is 6.14. The Morgan fingerprint density at radius 1 is 0.762 bits per heavy atom. The predicted molar refractivity (Wildman–Crippen MR) is 92.8 cm³/mol. The summed E-state index contributed by atoms with van der Waals surface area (Å²) in [6, 6.07) is 0. The fourth-order valence-corrected chi connectivity index (χ4v) is 6.14. The molecule has 2 heteroatoms. The maximum atomic E-state index is 6.68. The van der Waals surface area contributed by atoms with Gasteiger partial charge in [-0.2, -0.15) is 0 Å². The van der Waals surface area contributed by atoms with Crippen LogP contribution in [0.2, 0.25) is 5.21 Å². The molecule has 0 aromatic rings. The van der Waals surface area contributed by atoms with Gasteiger partial charge in [-0.1, -0.05) is 64.0 Å². The lowest BCUT2D eigenvalue weighted by Gasteiger charge is -2.64. The maximum Gasteiger partial charge on any atom is 0.0631 e. The Balaban J connectivity index is 1.88. The van der Waals surface area contributed by atoms with Crippen molar-refractivity contribution >= 4 is 15.7 Å². The number of rotatable bonds is 1. The zero-order chi connectivity index (χ0) is 15.4. The summed E-state index contributed by atoms with van der Waals surface area (Å²) in [4.78, 5) is 0. The van der Waals surface area contributed by atoms with Crippen LogP contribution in [-0.2, 0) is 0 Å². The van der Waals surface area contributed by atoms with Gasteiger partial charge >= 0.3 is 0 Å². The Morgan fingerprint density at radius 2 is 1.24 bits per heavy atom. The van der Waals surface area contributed by atoms with E-state index in [9.17, 15) is 0 Å². The zero-order valence-corrected chi connectivity index (χ0v) is 14.5. The third kappa shape index (κ3) is 2.34. The Kier molecular flexibility index (Phi) is 3.86. The highest BCUT2D eigenvalue weighted by Gasteiger charge is 2.58. The summed E-state index contributed by atoms with van der Waals surface area (Å²) in [6.07, 6.45) is 15.6. The normalized spacial score (nSPS) is 41.2. The summed E-state index contributed by atoms with van der Waals surface area (Å²) in [5, 5.41) is -0.525. The maximum absolute atomic E-state index is 6.68. The van der Waals surface area contributed by atoms with Crippen molar-refractivity contribution in [3.05, 3.63) is 0 Å². The fraction of sp³-hybridized carbons (Fsp3) is 1.00. The van der Waals surface area contributed by atoms with Gasteiger partial charge in [-0.25, -0.2) is 0 Å². The molecule has 0 nitrogen and oxygen atoms in total. The summed E-state index contributed by atoms with van der Waals surface area (Å²) < 4.78 is 0. The zero-order valence-electron chi connectivity index (χ0n) is 14.5. The van der Waals surface area contributed by atoms with Gasteiger partial charge in [0.2, 0.25) is 0 Å². The Morgan fingerprint density at radius 3 is 1.71 bits per heavy atom. The first-order chi connectivity index (χ1) is 9.73. The molecular formula is C19H32B2. The largest absolute Gasteiger partial charge is 0.0916 e. The van der Waals surface area contributed by atoms with Gasteiger partial charge in [0.05, 0.1) is 15.7 Å². The van der Waals surface area contributed by atoms with Gasteiger partial charge in [0.25, 0.3) is 0 Å². The van der Waals surface area contributed by atoms with Gasteiger partial charge < -0.3 is 0 Å². The van der Waals surface area contributed by atoms with Gasteiger partial charge in [-0.15, -0.1) is 0 Å². The predicted octanol–water partition coefficient (Wildman–Crippen LogP) is 5.41. The molecule has 3 aliphatic rings. The van der Waals surface area contributed by atoms with Crippen molar-refractivity contribution in [1.82, 2.24) is 0 Å². The van der Waals surface area contributed by atoms with Gasteiger partial charge in [0.1, 0.15) is 0 Å². The molecule has 114 valence electrons. The minimum absolute atomic E-state index is 0.0162. The molecular weight excluding hydrogens is 250 g/mol. The molecule has 4 radical (unpaired) electrons. The quantitative estimate of drug-likeness (QED) is 0.564. The van der Waals surface area contributed by atoms with E-state index in [2.05, 4.69) is 20.8 Å². The lowest BCUT2D eigenvalue weighted by atomic mass is 9.33. The van der Waals surface area contributed by atoms with Crippen LogP contribution in [-0.4, -0.2) is 15.7 Å². The van der Waals surface area contributed by atoms with Crippen molar-refractivity contribution in [2.75, 3.05) is 0 Å². The van der Waals surface area contributed by atoms with Crippen molar-refractivity contribution in [1.29, 1.82) is 0 Å². The van der Waals surface area contributed by atoms with Gasteiger partial charge in [0, 0.05) is 0 Å². The topological polar surface area (TPSA) is 0 Å². The first-order valence-corrected chi connectivity index (χ1v) is 9.30. The van der Waals surface area contributed by atoms with E-state index in [1.807, 2.05) is 0 Å². The molecule has 0 heterocycles. The van der Waals surface area contributed by atoms with Crippen LogP contribution in [0.15, 0.2) is 0 Å². The van der Waals surface area contributed by atoms with E-state index in [1.54, 1.807) is 0 Å². The Hall–Kier alpha value is 0.130. The summed E-state index contributed by atoms with van der Waals surface area (Å²) in [7, 11) is 13.4. The molecule has 21 heavy (non-hydrogen) atoms. The van der Waals surface area contributed by atoms with Crippen LogP contribution >= 0.6 is 0 Å². The molecule has 0 bridgehead atoms. The van der Waals surface area contributed by atoms with Crippen LogP contribution in [0, 0.1) is 22.2 Å². The molecule has 3 aliphatic carbocycles. The summed E-state index contributed by atoms with van der Waals surface area (Å²) in [6.45, 7) is 6.65. The monoisotopic (exact) mass is 282 g/mol. The van der Waals surface area contributed by atoms with Crippen LogP contribution in [0.5, 0.6) is 0 Å². The third-order valence-electron chi connectivity index (χ3n) is 7.83. The molecule has 0 saturated heterocycles. The SMILES string of the molecule is [B]C([B])(C1CCC23CCCCC2(CCCC3)C1)C(C)(C)C. The van der Waals surface area contributed by atoms with Crippen LogP contribution in [0.1, 0.15) is 91.4 Å². The van der Waals surface area contributed by atoms with E-state index in [4.69, 9.17) is 15.7 Å². The first kappa shape index (κ1) is 16.0. The van der Waals surface area contributed by atoms with Crippen LogP contribution in [0.25, 0.3) is 0 Å². The average molecular weight is 282 g/mol. The van der Waals surface area contributed by atoms with E-state index >= 15 is 0 Å². The van der Waals surface area contributed by atoms with Gasteiger partial charge in [-0.3, -0.25) is 0 Å². The third-order valence-corrected chi connectivity index (χ3v) is 7.83. The van der Waals surface area contributed by atoms with Crippen LogP contribution in [0.4, 0.5) is 0 Å². The summed E-state index contributed by atoms with van der Waals surface area (Å²) >= 11 is 0. The lowest BCUT2D eigenvalue weighted by molar-refractivity contribution is -0.113. The highest BCUT2D eigenvalue weighted by atomic mass is 14.6. The molecule has 3 saturated carbocycles. The summed E-state index contributed by atoms with van der Waals surface area (Å²) in [5.41, 5.74) is 1.23. The Labute approximate surface area is 135 Å². The molecule has 1 atom stereocenters. The van der Waals surface area contributed by atoms with Crippen molar-refractivity contribution in [2.24, 2.45) is 22.2 Å². The second-order valence-electron chi connectivity index (χ2n) is 9.60. The van der Waals surface area contributed by atoms with Crippen molar-refractivity contribution in [2.45, 2.75) is 96.6 Å². The first-order valence-electron chi connectivity index (χ1n) is 9.30. The number of hydrogen-bond donors (Lipinski definition) is 0. The van der Waals surface area contributed by atoms with E-state index in [0.717, 1.165) is 0 Å². The molecule has 3 rings (SSSR count). The van der Waals surface area contributed by atoms with Crippen molar-refractivity contribution < 1.29 is 0 Å². The highest BCUT2D eigenvalue weighted by Crippen LogP contribution is 2.69. The standard InChI is InChI=1S/C19H32B2/c1-16(2,3)19(20,21)15-8-13-17-9-4-6-11-18(17,14-15)12-7-5-10-17/h15H,4-14H2,1-3H3. The van der Waals surface area contributed by atoms with Crippen molar-refractivity contribution in [3.63, 3.8) is 0 Å². The molecule has 3 fully saturated rings. The van der Waals surface area contributed by atoms with Gasteiger partial charge in [0.15, 0.2) is 0 Å². The molecule has 0 aliphatic heterocycles. The van der Waals surface area contributed by atoms with Crippen LogP contribution < -0.4 is 0 Å². The smallest absolute Gasteiger partial charge is 0.0631 e. The summed E-state index contributed by atoms with van der Waals surface area (Å²) in [5.74, 6) is 0.502. The molecule has 0 spiro atoms. The second kappa shape index (κ2) is 5.07. The lowest BCUT2D eigenvalue weighted by Crippen LogP contribution is -2.53.